The lowest BCUT2D eigenvalue weighted by molar-refractivity contribution is 1.25. The monoisotopic (exact) mass is 514 g/mol. The molecule has 0 fully saturated rings. The highest BCUT2D eigenvalue weighted by Gasteiger charge is 2.15. The number of nitrogens with zero attached hydrogens (tertiary/aromatic N) is 2. The molecule has 0 N–H and O–H groups in total. The second kappa shape index (κ2) is 8.13. The van der Waals surface area contributed by atoms with E-state index in [9.17, 15) is 0 Å². The highest BCUT2D eigenvalue weighted by molar-refractivity contribution is 9.11. The molecule has 0 saturated heterocycles. The molecule has 0 saturated carbocycles. The fourth-order valence-corrected chi connectivity index (χ4v) is 4.39. The summed E-state index contributed by atoms with van der Waals surface area (Å²) >= 11 is 7.23. The van der Waals surface area contributed by atoms with E-state index in [0.717, 1.165) is 48.1 Å². The summed E-state index contributed by atoms with van der Waals surface area (Å²) in [5.74, 6) is 0. The predicted molar refractivity (Wildman–Crippen MR) is 131 cm³/mol. The Morgan fingerprint density at radius 1 is 0.567 bits per heavy atom. The van der Waals surface area contributed by atoms with Gasteiger partial charge in [0.1, 0.15) is 0 Å². The van der Waals surface area contributed by atoms with Crippen molar-refractivity contribution >= 4 is 42.6 Å². The number of rotatable bonds is 3. The molecule has 0 unspecified atom stereocenters. The smallest absolute Gasteiger partial charge is 0.0894 e. The van der Waals surface area contributed by atoms with Gasteiger partial charge in [0.05, 0.1) is 17.1 Å². The van der Waals surface area contributed by atoms with E-state index in [0.29, 0.717) is 0 Å². The average molecular weight is 516 g/mol. The van der Waals surface area contributed by atoms with Gasteiger partial charge in [-0.05, 0) is 58.8 Å². The number of hydrogen-bond acceptors (Lipinski definition) is 2. The van der Waals surface area contributed by atoms with Crippen LogP contribution in [0.1, 0.15) is 0 Å². The molecule has 3 aromatic carbocycles. The summed E-state index contributed by atoms with van der Waals surface area (Å²) in [5, 5.41) is 2.33. The highest BCUT2D eigenvalue weighted by atomic mass is 79.9. The minimum absolute atomic E-state index is 0.860. The number of hydrogen-bond donors (Lipinski definition) is 0. The molecule has 2 nitrogen and oxygen atoms in total. The normalized spacial score (nSPS) is 11.0. The summed E-state index contributed by atoms with van der Waals surface area (Å²) < 4.78 is 2.13. The minimum Gasteiger partial charge on any atom is -0.255 e. The summed E-state index contributed by atoms with van der Waals surface area (Å²) in [4.78, 5) is 9.60. The van der Waals surface area contributed by atoms with Crippen molar-refractivity contribution in [3.8, 4) is 33.8 Å². The van der Waals surface area contributed by atoms with Crippen LogP contribution in [0.15, 0.2) is 106 Å². The van der Waals surface area contributed by atoms with Gasteiger partial charge in [-0.3, -0.25) is 4.98 Å². The third-order valence-electron chi connectivity index (χ3n) is 5.10. The van der Waals surface area contributed by atoms with Crippen LogP contribution in [0.3, 0.4) is 0 Å². The predicted octanol–water partition coefficient (Wildman–Crippen LogP) is 8.16. The van der Waals surface area contributed by atoms with Crippen LogP contribution in [0.2, 0.25) is 0 Å². The number of aromatic nitrogens is 2. The Morgan fingerprint density at radius 3 is 2.07 bits per heavy atom. The zero-order chi connectivity index (χ0) is 20.5. The van der Waals surface area contributed by atoms with E-state index >= 15 is 0 Å². The van der Waals surface area contributed by atoms with Gasteiger partial charge in [0.15, 0.2) is 0 Å². The molecule has 0 aliphatic heterocycles. The van der Waals surface area contributed by atoms with E-state index in [1.54, 1.807) is 6.20 Å². The van der Waals surface area contributed by atoms with Crippen molar-refractivity contribution in [1.29, 1.82) is 0 Å². The van der Waals surface area contributed by atoms with Crippen LogP contribution in [0.25, 0.3) is 44.5 Å². The molecule has 2 heterocycles. The maximum Gasteiger partial charge on any atom is 0.0894 e. The van der Waals surface area contributed by atoms with Crippen molar-refractivity contribution in [3.63, 3.8) is 0 Å². The maximum atomic E-state index is 5.10. The topological polar surface area (TPSA) is 25.8 Å². The molecule has 0 aliphatic rings. The lowest BCUT2D eigenvalue weighted by Crippen LogP contribution is -1.95. The molecule has 0 spiro atoms. The van der Waals surface area contributed by atoms with Crippen molar-refractivity contribution in [1.82, 2.24) is 9.97 Å². The van der Waals surface area contributed by atoms with Gasteiger partial charge in [-0.15, -0.1) is 0 Å². The minimum atomic E-state index is 0.860. The van der Waals surface area contributed by atoms with Crippen LogP contribution in [-0.4, -0.2) is 9.97 Å². The standard InChI is InChI=1S/C26H16Br2N2/c27-18-10-8-17(9-11-18)19-13-15-25(24-7-3-4-16-29-24)30-26(19)22-12-14-23(28)21-6-2-1-5-20(21)22/h1-16H. The Balaban J connectivity index is 1.80. The molecule has 0 amide bonds. The fraction of sp³-hybridized carbons (Fsp3) is 0. The Labute approximate surface area is 191 Å². The number of pyridine rings is 2. The molecule has 5 aromatic rings. The van der Waals surface area contributed by atoms with Crippen LogP contribution >= 0.6 is 31.9 Å². The van der Waals surface area contributed by atoms with Crippen LogP contribution in [-0.2, 0) is 0 Å². The van der Waals surface area contributed by atoms with Crippen molar-refractivity contribution < 1.29 is 0 Å². The SMILES string of the molecule is Brc1ccc(-c2ccc(-c3ccccn3)nc2-c2ccc(Br)c3ccccc23)cc1. The van der Waals surface area contributed by atoms with Crippen molar-refractivity contribution in [2.45, 2.75) is 0 Å². The van der Waals surface area contributed by atoms with Crippen LogP contribution in [0.5, 0.6) is 0 Å². The van der Waals surface area contributed by atoms with Crippen LogP contribution < -0.4 is 0 Å². The van der Waals surface area contributed by atoms with Crippen molar-refractivity contribution in [2.75, 3.05) is 0 Å². The van der Waals surface area contributed by atoms with E-state index in [1.807, 2.05) is 24.3 Å². The molecule has 0 aliphatic carbocycles. The van der Waals surface area contributed by atoms with Crippen molar-refractivity contribution in [3.05, 3.63) is 106 Å². The van der Waals surface area contributed by atoms with Gasteiger partial charge in [0, 0.05) is 26.3 Å². The van der Waals surface area contributed by atoms with Crippen LogP contribution in [0.4, 0.5) is 0 Å². The summed E-state index contributed by atoms with van der Waals surface area (Å²) in [6.45, 7) is 0. The van der Waals surface area contributed by atoms with E-state index in [2.05, 4.69) is 104 Å². The zero-order valence-electron chi connectivity index (χ0n) is 15.9. The molecule has 30 heavy (non-hydrogen) atoms. The highest BCUT2D eigenvalue weighted by Crippen LogP contribution is 2.38. The summed E-state index contributed by atoms with van der Waals surface area (Å²) in [5.41, 5.74) is 5.99. The molecular formula is C26H16Br2N2. The quantitative estimate of drug-likeness (QED) is 0.242. The first-order valence-electron chi connectivity index (χ1n) is 9.57. The zero-order valence-corrected chi connectivity index (χ0v) is 19.1. The van der Waals surface area contributed by atoms with Gasteiger partial charge in [-0.1, -0.05) is 80.4 Å². The van der Waals surface area contributed by atoms with E-state index < -0.39 is 0 Å². The summed E-state index contributed by atoms with van der Waals surface area (Å²) in [7, 11) is 0. The largest absolute Gasteiger partial charge is 0.255 e. The summed E-state index contributed by atoms with van der Waals surface area (Å²) in [6, 6.07) is 31.1. The van der Waals surface area contributed by atoms with Gasteiger partial charge in [0.25, 0.3) is 0 Å². The van der Waals surface area contributed by atoms with E-state index in [-0.39, 0.29) is 0 Å². The van der Waals surface area contributed by atoms with E-state index in [4.69, 9.17) is 4.98 Å². The third-order valence-corrected chi connectivity index (χ3v) is 6.32. The molecule has 144 valence electrons. The van der Waals surface area contributed by atoms with E-state index in [1.165, 1.54) is 5.39 Å². The van der Waals surface area contributed by atoms with Gasteiger partial charge in [-0.2, -0.15) is 0 Å². The van der Waals surface area contributed by atoms with Gasteiger partial charge < -0.3 is 0 Å². The van der Waals surface area contributed by atoms with Gasteiger partial charge in [-0.25, -0.2) is 4.98 Å². The number of fused-ring (bicyclic) bond motifs is 1. The first-order valence-corrected chi connectivity index (χ1v) is 11.2. The average Bonchev–Trinajstić information content (AvgIpc) is 2.80. The van der Waals surface area contributed by atoms with Gasteiger partial charge >= 0.3 is 0 Å². The molecular weight excluding hydrogens is 500 g/mol. The van der Waals surface area contributed by atoms with Crippen LogP contribution in [0, 0.1) is 0 Å². The van der Waals surface area contributed by atoms with Gasteiger partial charge in [0.2, 0.25) is 0 Å². The lowest BCUT2D eigenvalue weighted by Gasteiger charge is -2.14. The molecule has 4 heteroatoms. The second-order valence-corrected chi connectivity index (χ2v) is 8.73. The summed E-state index contributed by atoms with van der Waals surface area (Å²) in [6.07, 6.45) is 1.80. The molecule has 2 aromatic heterocycles. The first-order chi connectivity index (χ1) is 14.7. The molecule has 5 rings (SSSR count). The third kappa shape index (κ3) is 3.57. The first kappa shape index (κ1) is 19.2. The Morgan fingerprint density at radius 2 is 1.30 bits per heavy atom. The molecule has 0 atom stereocenters. The number of halogens is 2. The molecule has 0 radical (unpaired) electrons. The Kier molecular flexibility index (Phi) is 5.19. The Bertz CT molecular complexity index is 1350. The fourth-order valence-electron chi connectivity index (χ4n) is 3.65. The second-order valence-electron chi connectivity index (χ2n) is 6.96. The molecule has 0 bridgehead atoms. The maximum absolute atomic E-state index is 5.10. The number of benzene rings is 3. The lowest BCUT2D eigenvalue weighted by atomic mass is 9.95. The van der Waals surface area contributed by atoms with Crippen molar-refractivity contribution in [2.24, 2.45) is 0 Å². The Hall–Kier alpha value is -2.82.